The molecular formula is C54H36N2O. The van der Waals surface area contributed by atoms with E-state index in [1.54, 1.807) is 0 Å². The highest BCUT2D eigenvalue weighted by Gasteiger charge is 2.22. The van der Waals surface area contributed by atoms with E-state index in [4.69, 9.17) is 4.42 Å². The lowest BCUT2D eigenvalue weighted by atomic mass is 9.88. The molecule has 268 valence electrons. The Morgan fingerprint density at radius 2 is 0.825 bits per heavy atom. The monoisotopic (exact) mass is 728 g/mol. The second-order valence-corrected chi connectivity index (χ2v) is 14.5. The Labute approximate surface area is 330 Å². The Bertz CT molecular complexity index is 3190. The van der Waals surface area contributed by atoms with Crippen LogP contribution >= 0.6 is 0 Å². The molecule has 0 fully saturated rings. The zero-order chi connectivity index (χ0) is 37.7. The molecule has 0 aliphatic heterocycles. The second kappa shape index (κ2) is 13.6. The van der Waals surface area contributed by atoms with Crippen LogP contribution in [0.3, 0.4) is 0 Å². The van der Waals surface area contributed by atoms with Gasteiger partial charge in [-0.2, -0.15) is 0 Å². The average Bonchev–Trinajstić information content (AvgIpc) is 3.83. The standard InChI is InChI=1S/C54H36N2O/c1-2-16-37(17-3-1)41-18-4-5-19-42(41)43-20-6-7-21-44(43)45-22-8-12-26-50(45)55(40-34-35-49-48-25-11-15-29-53(48)57-54(49)36-40)38-30-32-39(33-31-38)56-51-27-13-9-23-46(51)47-24-10-14-28-52(47)56/h1-36H. The molecule has 0 radical (unpaired) electrons. The van der Waals surface area contributed by atoms with E-state index >= 15 is 0 Å². The molecule has 2 heterocycles. The van der Waals surface area contributed by atoms with Gasteiger partial charge < -0.3 is 13.9 Å². The molecule has 11 rings (SSSR count). The summed E-state index contributed by atoms with van der Waals surface area (Å²) in [5.41, 5.74) is 15.4. The maximum atomic E-state index is 6.48. The van der Waals surface area contributed by atoms with Crippen LogP contribution in [0.4, 0.5) is 17.1 Å². The minimum atomic E-state index is 0.857. The topological polar surface area (TPSA) is 21.3 Å². The largest absolute Gasteiger partial charge is 0.456 e. The van der Waals surface area contributed by atoms with Crippen molar-refractivity contribution in [3.63, 3.8) is 0 Å². The number of rotatable bonds is 7. The smallest absolute Gasteiger partial charge is 0.137 e. The first kappa shape index (κ1) is 32.8. The predicted octanol–water partition coefficient (Wildman–Crippen LogP) is 15.2. The number of furan rings is 1. The lowest BCUT2D eigenvalue weighted by Crippen LogP contribution is -2.11. The molecule has 2 aromatic heterocycles. The van der Waals surface area contributed by atoms with Gasteiger partial charge in [0.15, 0.2) is 0 Å². The third-order valence-electron chi connectivity index (χ3n) is 11.2. The van der Waals surface area contributed by atoms with Crippen molar-refractivity contribution in [3.8, 4) is 39.1 Å². The lowest BCUT2D eigenvalue weighted by molar-refractivity contribution is 0.669. The third kappa shape index (κ3) is 5.51. The van der Waals surface area contributed by atoms with E-state index in [1.165, 1.54) is 44.1 Å². The fraction of sp³-hybridized carbons (Fsp3) is 0. The van der Waals surface area contributed by atoms with Crippen LogP contribution in [0.5, 0.6) is 0 Å². The predicted molar refractivity (Wildman–Crippen MR) is 239 cm³/mol. The van der Waals surface area contributed by atoms with Gasteiger partial charge in [0, 0.05) is 50.2 Å². The summed E-state index contributed by atoms with van der Waals surface area (Å²) in [6.45, 7) is 0. The normalized spacial score (nSPS) is 11.5. The molecular weight excluding hydrogens is 693 g/mol. The van der Waals surface area contributed by atoms with Gasteiger partial charge in [0.1, 0.15) is 11.2 Å². The van der Waals surface area contributed by atoms with Crippen LogP contribution in [0.15, 0.2) is 223 Å². The molecule has 0 aliphatic carbocycles. The maximum absolute atomic E-state index is 6.48. The number of hydrogen-bond acceptors (Lipinski definition) is 2. The van der Waals surface area contributed by atoms with Crippen molar-refractivity contribution in [3.05, 3.63) is 218 Å². The number of nitrogens with zero attached hydrogens (tertiary/aromatic N) is 2. The molecule has 0 atom stereocenters. The summed E-state index contributed by atoms with van der Waals surface area (Å²) >= 11 is 0. The highest BCUT2D eigenvalue weighted by Crippen LogP contribution is 2.46. The number of aromatic nitrogens is 1. The van der Waals surface area contributed by atoms with Crippen LogP contribution in [0.2, 0.25) is 0 Å². The Hall–Kier alpha value is -7.62. The van der Waals surface area contributed by atoms with Crippen molar-refractivity contribution in [2.75, 3.05) is 4.90 Å². The molecule has 57 heavy (non-hydrogen) atoms. The number of fused-ring (bicyclic) bond motifs is 6. The Morgan fingerprint density at radius 3 is 1.53 bits per heavy atom. The van der Waals surface area contributed by atoms with Gasteiger partial charge in [-0.25, -0.2) is 0 Å². The van der Waals surface area contributed by atoms with Crippen molar-refractivity contribution in [1.82, 2.24) is 4.57 Å². The van der Waals surface area contributed by atoms with Crippen LogP contribution in [0.25, 0.3) is 82.8 Å². The average molecular weight is 729 g/mol. The van der Waals surface area contributed by atoms with Crippen molar-refractivity contribution in [1.29, 1.82) is 0 Å². The zero-order valence-electron chi connectivity index (χ0n) is 31.1. The molecule has 0 saturated heterocycles. The summed E-state index contributed by atoms with van der Waals surface area (Å²) in [7, 11) is 0. The van der Waals surface area contributed by atoms with Crippen molar-refractivity contribution in [2.45, 2.75) is 0 Å². The van der Waals surface area contributed by atoms with Crippen molar-refractivity contribution in [2.24, 2.45) is 0 Å². The molecule has 0 unspecified atom stereocenters. The summed E-state index contributed by atoms with van der Waals surface area (Å²) in [5, 5.41) is 4.72. The van der Waals surface area contributed by atoms with Gasteiger partial charge in [-0.05, 0) is 88.5 Å². The lowest BCUT2D eigenvalue weighted by Gasteiger charge is -2.28. The number of para-hydroxylation sites is 4. The van der Waals surface area contributed by atoms with Crippen molar-refractivity contribution < 1.29 is 4.42 Å². The molecule has 0 saturated carbocycles. The van der Waals surface area contributed by atoms with Gasteiger partial charge in [-0.3, -0.25) is 0 Å². The minimum absolute atomic E-state index is 0.857. The molecule has 3 nitrogen and oxygen atoms in total. The Balaban J connectivity index is 1.11. The van der Waals surface area contributed by atoms with E-state index < -0.39 is 0 Å². The fourth-order valence-corrected chi connectivity index (χ4v) is 8.67. The van der Waals surface area contributed by atoms with Crippen LogP contribution in [-0.4, -0.2) is 4.57 Å². The van der Waals surface area contributed by atoms with Gasteiger partial charge in [0.2, 0.25) is 0 Å². The summed E-state index contributed by atoms with van der Waals surface area (Å²) in [4.78, 5) is 2.37. The van der Waals surface area contributed by atoms with Gasteiger partial charge >= 0.3 is 0 Å². The van der Waals surface area contributed by atoms with E-state index in [0.29, 0.717) is 0 Å². The fourth-order valence-electron chi connectivity index (χ4n) is 8.67. The maximum Gasteiger partial charge on any atom is 0.137 e. The quantitative estimate of drug-likeness (QED) is 0.163. The molecule has 0 spiro atoms. The molecule has 9 aromatic carbocycles. The van der Waals surface area contributed by atoms with Gasteiger partial charge in [0.05, 0.1) is 16.7 Å². The molecule has 0 amide bonds. The van der Waals surface area contributed by atoms with Gasteiger partial charge in [0.25, 0.3) is 0 Å². The van der Waals surface area contributed by atoms with E-state index in [1.807, 2.05) is 12.1 Å². The summed E-state index contributed by atoms with van der Waals surface area (Å²) < 4.78 is 8.85. The molecule has 3 heteroatoms. The summed E-state index contributed by atoms with van der Waals surface area (Å²) in [6.07, 6.45) is 0. The minimum Gasteiger partial charge on any atom is -0.456 e. The summed E-state index contributed by atoms with van der Waals surface area (Å²) in [6, 6.07) is 78.1. The number of benzene rings is 9. The zero-order valence-corrected chi connectivity index (χ0v) is 31.1. The van der Waals surface area contributed by atoms with E-state index in [-0.39, 0.29) is 0 Å². The van der Waals surface area contributed by atoms with Gasteiger partial charge in [-0.15, -0.1) is 0 Å². The van der Waals surface area contributed by atoms with Crippen LogP contribution in [-0.2, 0) is 0 Å². The van der Waals surface area contributed by atoms with Crippen molar-refractivity contribution >= 4 is 60.8 Å². The highest BCUT2D eigenvalue weighted by molar-refractivity contribution is 6.09. The van der Waals surface area contributed by atoms with E-state index in [9.17, 15) is 0 Å². The molecule has 0 aliphatic rings. The van der Waals surface area contributed by atoms with Gasteiger partial charge in [-0.1, -0.05) is 152 Å². The first-order valence-electron chi connectivity index (χ1n) is 19.4. The first-order valence-corrected chi connectivity index (χ1v) is 19.4. The van der Waals surface area contributed by atoms with Crippen LogP contribution in [0, 0.1) is 0 Å². The second-order valence-electron chi connectivity index (χ2n) is 14.5. The van der Waals surface area contributed by atoms with Crippen LogP contribution in [0.1, 0.15) is 0 Å². The Kier molecular flexibility index (Phi) is 7.82. The molecule has 0 N–H and O–H groups in total. The molecule has 11 aromatic rings. The summed E-state index contributed by atoms with van der Waals surface area (Å²) in [5.74, 6) is 0. The third-order valence-corrected chi connectivity index (χ3v) is 11.2. The highest BCUT2D eigenvalue weighted by atomic mass is 16.3. The van der Waals surface area contributed by atoms with Crippen LogP contribution < -0.4 is 4.90 Å². The first-order chi connectivity index (χ1) is 28.3. The number of anilines is 3. The van der Waals surface area contributed by atoms with E-state index in [2.05, 4.69) is 216 Å². The SMILES string of the molecule is c1ccc(-c2ccccc2-c2ccccc2-c2ccccc2N(c2ccc(-n3c4ccccc4c4ccccc43)cc2)c2ccc3c(c2)oc2ccccc23)cc1. The molecule has 0 bridgehead atoms. The van der Waals surface area contributed by atoms with E-state index in [0.717, 1.165) is 55.8 Å². The Morgan fingerprint density at radius 1 is 0.333 bits per heavy atom. The number of hydrogen-bond donors (Lipinski definition) is 0.